The molecule has 152 valence electrons. The third kappa shape index (κ3) is 3.63. The van der Waals surface area contributed by atoms with Gasteiger partial charge in [0.25, 0.3) is 0 Å². The van der Waals surface area contributed by atoms with Crippen molar-refractivity contribution in [1.29, 1.82) is 0 Å². The van der Waals surface area contributed by atoms with Gasteiger partial charge in [-0.15, -0.1) is 0 Å². The fourth-order valence-corrected chi connectivity index (χ4v) is 4.76. The van der Waals surface area contributed by atoms with Crippen molar-refractivity contribution in [3.05, 3.63) is 59.7 Å². The van der Waals surface area contributed by atoms with E-state index in [1.54, 1.807) is 0 Å². The SMILES string of the molecule is Cc1ccc2nc(CN3CCCC3c3ccccn3)c(N3CCN(C)CC3)n2c1. The molecule has 1 unspecified atom stereocenters. The molecule has 2 saturated heterocycles. The van der Waals surface area contributed by atoms with Gasteiger partial charge in [0.2, 0.25) is 0 Å². The van der Waals surface area contributed by atoms with Crippen LogP contribution in [-0.4, -0.2) is 63.9 Å². The normalized spacial score (nSPS) is 21.3. The van der Waals surface area contributed by atoms with E-state index in [0.717, 1.165) is 44.9 Å². The van der Waals surface area contributed by atoms with Crippen molar-refractivity contribution < 1.29 is 0 Å². The minimum Gasteiger partial charge on any atom is -0.354 e. The van der Waals surface area contributed by atoms with Crippen LogP contribution in [0.1, 0.15) is 35.8 Å². The van der Waals surface area contributed by atoms with E-state index in [0.29, 0.717) is 6.04 Å². The predicted molar refractivity (Wildman–Crippen MR) is 116 cm³/mol. The van der Waals surface area contributed by atoms with Gasteiger partial charge < -0.3 is 9.80 Å². The van der Waals surface area contributed by atoms with E-state index in [4.69, 9.17) is 4.98 Å². The first kappa shape index (κ1) is 18.6. The number of anilines is 1. The van der Waals surface area contributed by atoms with Crippen molar-refractivity contribution in [1.82, 2.24) is 24.2 Å². The summed E-state index contributed by atoms with van der Waals surface area (Å²) in [5, 5.41) is 0. The first-order valence-corrected chi connectivity index (χ1v) is 10.7. The summed E-state index contributed by atoms with van der Waals surface area (Å²) in [5.41, 5.74) is 4.70. The number of aryl methyl sites for hydroxylation is 1. The van der Waals surface area contributed by atoms with Gasteiger partial charge in [-0.25, -0.2) is 4.98 Å². The van der Waals surface area contributed by atoms with Crippen LogP contribution < -0.4 is 4.90 Å². The van der Waals surface area contributed by atoms with Crippen LogP contribution in [0, 0.1) is 6.92 Å². The number of hydrogen-bond donors (Lipinski definition) is 0. The Labute approximate surface area is 172 Å². The van der Waals surface area contributed by atoms with Crippen molar-refractivity contribution >= 4 is 11.5 Å². The van der Waals surface area contributed by atoms with Gasteiger partial charge >= 0.3 is 0 Å². The van der Waals surface area contributed by atoms with Crippen LogP contribution >= 0.6 is 0 Å². The highest BCUT2D eigenvalue weighted by atomic mass is 15.3. The molecule has 0 bridgehead atoms. The summed E-state index contributed by atoms with van der Waals surface area (Å²) in [6.45, 7) is 8.44. The predicted octanol–water partition coefficient (Wildman–Crippen LogP) is 3.13. The van der Waals surface area contributed by atoms with Crippen molar-refractivity contribution in [2.75, 3.05) is 44.7 Å². The molecule has 6 heteroatoms. The number of imidazole rings is 1. The maximum atomic E-state index is 5.09. The number of fused-ring (bicyclic) bond motifs is 1. The van der Waals surface area contributed by atoms with E-state index >= 15 is 0 Å². The Morgan fingerprint density at radius 1 is 1.03 bits per heavy atom. The van der Waals surface area contributed by atoms with Crippen LogP contribution in [0.4, 0.5) is 5.82 Å². The highest BCUT2D eigenvalue weighted by Gasteiger charge is 2.30. The zero-order valence-corrected chi connectivity index (χ0v) is 17.5. The van der Waals surface area contributed by atoms with Gasteiger partial charge in [-0.1, -0.05) is 12.1 Å². The number of likely N-dealkylation sites (tertiary alicyclic amines) is 1. The van der Waals surface area contributed by atoms with E-state index in [-0.39, 0.29) is 0 Å². The Kier molecular flexibility index (Phi) is 4.97. The van der Waals surface area contributed by atoms with E-state index in [1.807, 2.05) is 12.3 Å². The molecule has 5 heterocycles. The lowest BCUT2D eigenvalue weighted by atomic mass is 10.1. The van der Waals surface area contributed by atoms with Gasteiger partial charge in [-0.05, 0) is 57.1 Å². The lowest BCUT2D eigenvalue weighted by Gasteiger charge is -2.34. The molecule has 29 heavy (non-hydrogen) atoms. The molecule has 6 nitrogen and oxygen atoms in total. The Morgan fingerprint density at radius 2 is 1.90 bits per heavy atom. The molecule has 3 aromatic heterocycles. The van der Waals surface area contributed by atoms with Crippen LogP contribution in [0.2, 0.25) is 0 Å². The molecule has 0 amide bonds. The van der Waals surface area contributed by atoms with Gasteiger partial charge in [0, 0.05) is 45.1 Å². The lowest BCUT2D eigenvalue weighted by Crippen LogP contribution is -2.45. The van der Waals surface area contributed by atoms with E-state index < -0.39 is 0 Å². The molecule has 0 radical (unpaired) electrons. The number of piperazine rings is 1. The largest absolute Gasteiger partial charge is 0.354 e. The second-order valence-corrected chi connectivity index (χ2v) is 8.49. The number of likely N-dealkylation sites (N-methyl/N-ethyl adjacent to an activating group) is 1. The highest BCUT2D eigenvalue weighted by molar-refractivity contribution is 5.57. The van der Waals surface area contributed by atoms with Gasteiger partial charge in [0.15, 0.2) is 0 Å². The maximum absolute atomic E-state index is 5.09. The Balaban J connectivity index is 1.50. The number of rotatable bonds is 4. The Morgan fingerprint density at radius 3 is 2.69 bits per heavy atom. The van der Waals surface area contributed by atoms with Crippen molar-refractivity contribution in [2.45, 2.75) is 32.4 Å². The molecule has 0 N–H and O–H groups in total. The minimum absolute atomic E-state index is 0.392. The Hall–Kier alpha value is -2.44. The molecular weight excluding hydrogens is 360 g/mol. The number of aromatic nitrogens is 3. The maximum Gasteiger partial charge on any atom is 0.138 e. The summed E-state index contributed by atoms with van der Waals surface area (Å²) in [6.07, 6.45) is 6.54. The molecule has 5 rings (SSSR count). The van der Waals surface area contributed by atoms with Gasteiger partial charge in [0.1, 0.15) is 11.5 Å². The monoisotopic (exact) mass is 390 g/mol. The molecule has 3 aromatic rings. The van der Waals surface area contributed by atoms with Crippen LogP contribution in [0.5, 0.6) is 0 Å². The first-order valence-electron chi connectivity index (χ1n) is 10.7. The van der Waals surface area contributed by atoms with Crippen LogP contribution in [0.15, 0.2) is 42.7 Å². The molecule has 0 aliphatic carbocycles. The van der Waals surface area contributed by atoms with Crippen LogP contribution in [0.3, 0.4) is 0 Å². The second kappa shape index (κ2) is 7.76. The van der Waals surface area contributed by atoms with E-state index in [2.05, 4.69) is 68.5 Å². The smallest absolute Gasteiger partial charge is 0.138 e. The second-order valence-electron chi connectivity index (χ2n) is 8.49. The summed E-state index contributed by atoms with van der Waals surface area (Å²) >= 11 is 0. The number of nitrogens with zero attached hydrogens (tertiary/aromatic N) is 6. The zero-order chi connectivity index (χ0) is 19.8. The molecule has 2 fully saturated rings. The molecule has 2 aliphatic heterocycles. The highest BCUT2D eigenvalue weighted by Crippen LogP contribution is 2.34. The fourth-order valence-electron chi connectivity index (χ4n) is 4.76. The van der Waals surface area contributed by atoms with Gasteiger partial charge in [-0.2, -0.15) is 0 Å². The molecule has 0 aromatic carbocycles. The van der Waals surface area contributed by atoms with Crippen LogP contribution in [0.25, 0.3) is 5.65 Å². The number of pyridine rings is 2. The molecule has 0 saturated carbocycles. The van der Waals surface area contributed by atoms with Crippen molar-refractivity contribution in [2.24, 2.45) is 0 Å². The molecular formula is C23H30N6. The third-order valence-corrected chi connectivity index (χ3v) is 6.36. The fraction of sp³-hybridized carbons (Fsp3) is 0.478. The average Bonchev–Trinajstić information content (AvgIpc) is 3.34. The van der Waals surface area contributed by atoms with E-state index in [9.17, 15) is 0 Å². The minimum atomic E-state index is 0.392. The third-order valence-electron chi connectivity index (χ3n) is 6.36. The number of hydrogen-bond acceptors (Lipinski definition) is 5. The lowest BCUT2D eigenvalue weighted by molar-refractivity contribution is 0.241. The van der Waals surface area contributed by atoms with E-state index in [1.165, 1.54) is 35.6 Å². The van der Waals surface area contributed by atoms with Crippen molar-refractivity contribution in [3.63, 3.8) is 0 Å². The summed E-state index contributed by atoms with van der Waals surface area (Å²) in [7, 11) is 2.21. The zero-order valence-electron chi connectivity index (χ0n) is 17.5. The summed E-state index contributed by atoms with van der Waals surface area (Å²) in [6, 6.07) is 11.0. The molecule has 2 aliphatic rings. The molecule has 0 spiro atoms. The quantitative estimate of drug-likeness (QED) is 0.685. The standard InChI is InChI=1S/C23H30N6/c1-18-8-9-22-25-20(23(29(22)16-18)27-14-12-26(2)13-15-27)17-28-11-5-7-21(28)19-6-3-4-10-24-19/h3-4,6,8-10,16,21H,5,7,11-15,17H2,1-2H3. The van der Waals surface area contributed by atoms with Gasteiger partial charge in [0.05, 0.1) is 17.4 Å². The summed E-state index contributed by atoms with van der Waals surface area (Å²) < 4.78 is 2.31. The average molecular weight is 391 g/mol. The summed E-state index contributed by atoms with van der Waals surface area (Å²) in [4.78, 5) is 17.2. The Bertz CT molecular complexity index is 974. The summed E-state index contributed by atoms with van der Waals surface area (Å²) in [5.74, 6) is 1.28. The van der Waals surface area contributed by atoms with Gasteiger partial charge in [-0.3, -0.25) is 14.3 Å². The topological polar surface area (TPSA) is 39.9 Å². The van der Waals surface area contributed by atoms with Crippen molar-refractivity contribution in [3.8, 4) is 0 Å². The van der Waals surface area contributed by atoms with Crippen LogP contribution in [-0.2, 0) is 6.54 Å². The first-order chi connectivity index (χ1) is 14.2. The molecule has 1 atom stereocenters.